The van der Waals surface area contributed by atoms with Gasteiger partial charge >= 0.3 is 11.9 Å². The fourth-order valence-electron chi connectivity index (χ4n) is 4.02. The van der Waals surface area contributed by atoms with Gasteiger partial charge in [-0.2, -0.15) is 0 Å². The molecule has 240 valence electrons. The number of carboxylic acids is 1. The van der Waals surface area contributed by atoms with Crippen molar-refractivity contribution in [2.75, 3.05) is 23.9 Å². The molecule has 0 saturated carbocycles. The zero-order valence-corrected chi connectivity index (χ0v) is 23.8. The van der Waals surface area contributed by atoms with Crippen LogP contribution < -0.4 is 38.7 Å². The molecule has 1 atom stereocenters. The largest absolute Gasteiger partial charge is 0.477 e. The van der Waals surface area contributed by atoms with E-state index in [2.05, 4.69) is 25.5 Å². The van der Waals surface area contributed by atoms with Gasteiger partial charge in [0.05, 0.1) is 18.4 Å². The molecule has 1 amide bonds. The second-order valence-corrected chi connectivity index (χ2v) is 9.64. The summed E-state index contributed by atoms with van der Waals surface area (Å²) in [5.74, 6) is -3.02. The first-order valence-electron chi connectivity index (χ1n) is 13.1. The Morgan fingerprint density at radius 2 is 1.72 bits per heavy atom. The van der Waals surface area contributed by atoms with Crippen molar-refractivity contribution in [2.24, 2.45) is 5.73 Å². The minimum Gasteiger partial charge on any atom is -0.477 e. The lowest BCUT2D eigenvalue weighted by molar-refractivity contribution is 0.0599. The molecule has 0 aliphatic carbocycles. The number of carbonyl (C=O) groups excluding carboxylic acids is 2. The quantitative estimate of drug-likeness (QED) is 0.106. The molecule has 46 heavy (non-hydrogen) atoms. The third-order valence-electron chi connectivity index (χ3n) is 6.45. The lowest BCUT2D eigenvalue weighted by Crippen LogP contribution is -2.36. The number of aromatic nitrogens is 3. The maximum atomic E-state index is 14.1. The molecule has 0 spiro atoms. The van der Waals surface area contributed by atoms with Gasteiger partial charge in [-0.3, -0.25) is 14.4 Å². The van der Waals surface area contributed by atoms with E-state index in [0.29, 0.717) is 11.1 Å². The first-order valence-corrected chi connectivity index (χ1v) is 13.1. The minimum absolute atomic E-state index is 0. The van der Waals surface area contributed by atoms with Gasteiger partial charge in [0.15, 0.2) is 11.3 Å². The molecule has 2 aromatic heterocycles. The van der Waals surface area contributed by atoms with E-state index < -0.39 is 28.6 Å². The number of carbonyl (C=O) groups is 3. The molecule has 3 aromatic carbocycles. The average Bonchev–Trinajstić information content (AvgIpc) is 3.42. The molecule has 5 rings (SSSR count). The number of rotatable bonds is 8. The third-order valence-corrected chi connectivity index (χ3v) is 6.45. The van der Waals surface area contributed by atoms with Crippen LogP contribution in [0.15, 0.2) is 64.2 Å². The number of aromatic carboxylic acids is 1. The molecule has 0 aliphatic rings. The van der Waals surface area contributed by atoms with Gasteiger partial charge in [-0.25, -0.2) is 23.5 Å². The van der Waals surface area contributed by atoms with E-state index in [1.807, 2.05) is 19.1 Å². The van der Waals surface area contributed by atoms with Crippen LogP contribution in [-0.4, -0.2) is 44.7 Å². The summed E-state index contributed by atoms with van der Waals surface area (Å²) in [7, 11) is 1.36. The van der Waals surface area contributed by atoms with Crippen molar-refractivity contribution in [3.63, 3.8) is 0 Å². The average molecular weight is 635 g/mol. The SMILES string of the molecule is C.COC(=O)c1ccc([C@@H](C)N)cc1.Nc1cc2nc(C(=O)NCc3ccc(F)c(Nc4c(N)c(=O)c4=O)c3)cc(C(=O)O)n2n1. The molecule has 0 unspecified atom stereocenters. The Bertz CT molecular complexity index is 2000. The summed E-state index contributed by atoms with van der Waals surface area (Å²) in [5, 5.41) is 18.2. The molecule has 0 aliphatic heterocycles. The van der Waals surface area contributed by atoms with Gasteiger partial charge in [0, 0.05) is 24.7 Å². The number of hydrogen-bond donors (Lipinski definition) is 6. The molecule has 0 fully saturated rings. The molecular formula is C30H31FN8O7. The summed E-state index contributed by atoms with van der Waals surface area (Å²) >= 11 is 0. The van der Waals surface area contributed by atoms with E-state index in [4.69, 9.17) is 17.2 Å². The Kier molecular flexibility index (Phi) is 10.5. The highest BCUT2D eigenvalue weighted by atomic mass is 19.1. The number of nitrogens with one attached hydrogen (secondary N) is 2. The summed E-state index contributed by atoms with van der Waals surface area (Å²) in [5.41, 5.74) is 15.9. The van der Waals surface area contributed by atoms with Crippen LogP contribution >= 0.6 is 0 Å². The fourth-order valence-corrected chi connectivity index (χ4v) is 4.02. The Hall–Kier alpha value is -6.16. The number of esters is 1. The first-order chi connectivity index (χ1) is 21.3. The van der Waals surface area contributed by atoms with Crippen LogP contribution in [0.5, 0.6) is 0 Å². The normalized spacial score (nSPS) is 11.1. The van der Waals surface area contributed by atoms with Crippen molar-refractivity contribution in [3.05, 3.63) is 109 Å². The van der Waals surface area contributed by atoms with Crippen LogP contribution in [0.25, 0.3) is 5.65 Å². The van der Waals surface area contributed by atoms with E-state index in [1.54, 1.807) is 12.1 Å². The summed E-state index contributed by atoms with van der Waals surface area (Å²) in [4.78, 5) is 61.8. The third kappa shape index (κ3) is 7.31. The van der Waals surface area contributed by atoms with Crippen molar-refractivity contribution in [1.29, 1.82) is 0 Å². The molecule has 9 N–H and O–H groups in total. The number of nitrogen functional groups attached to an aromatic ring is 2. The van der Waals surface area contributed by atoms with Crippen molar-refractivity contribution >= 4 is 46.4 Å². The molecule has 0 radical (unpaired) electrons. The Morgan fingerprint density at radius 1 is 1.04 bits per heavy atom. The van der Waals surface area contributed by atoms with Gasteiger partial charge in [-0.15, -0.1) is 5.10 Å². The Balaban J connectivity index is 0.000000347. The molecule has 2 heterocycles. The molecule has 0 bridgehead atoms. The van der Waals surface area contributed by atoms with Crippen LogP contribution in [0.4, 0.5) is 27.3 Å². The van der Waals surface area contributed by atoms with Crippen molar-refractivity contribution in [2.45, 2.75) is 26.9 Å². The summed E-state index contributed by atoms with van der Waals surface area (Å²) in [6.07, 6.45) is 0. The number of ether oxygens (including phenoxy) is 1. The monoisotopic (exact) mass is 634 g/mol. The number of methoxy groups -OCH3 is 1. The molecule has 15 nitrogen and oxygen atoms in total. The summed E-state index contributed by atoms with van der Waals surface area (Å²) < 4.78 is 19.6. The van der Waals surface area contributed by atoms with Crippen LogP contribution in [-0.2, 0) is 11.3 Å². The number of fused-ring (bicyclic) bond motifs is 1. The van der Waals surface area contributed by atoms with Crippen molar-refractivity contribution in [1.82, 2.24) is 19.9 Å². The smallest absolute Gasteiger partial charge is 0.354 e. The van der Waals surface area contributed by atoms with E-state index in [9.17, 15) is 33.5 Å². The van der Waals surface area contributed by atoms with Crippen LogP contribution in [0.3, 0.4) is 0 Å². The maximum Gasteiger partial charge on any atom is 0.354 e. The highest BCUT2D eigenvalue weighted by Crippen LogP contribution is 2.22. The summed E-state index contributed by atoms with van der Waals surface area (Å²) in [6, 6.07) is 13.3. The van der Waals surface area contributed by atoms with Crippen molar-refractivity contribution < 1.29 is 28.6 Å². The van der Waals surface area contributed by atoms with Crippen LogP contribution in [0.1, 0.15) is 62.9 Å². The van der Waals surface area contributed by atoms with Crippen molar-refractivity contribution in [3.8, 4) is 0 Å². The fraction of sp³-hybridized carbons (Fsp3) is 0.167. The zero-order valence-electron chi connectivity index (χ0n) is 23.8. The second-order valence-electron chi connectivity index (χ2n) is 9.64. The number of nitrogens with two attached hydrogens (primary N) is 3. The minimum atomic E-state index is -1.33. The second kappa shape index (κ2) is 14.1. The lowest BCUT2D eigenvalue weighted by Gasteiger charge is -2.12. The van der Waals surface area contributed by atoms with E-state index >= 15 is 0 Å². The standard InChI is InChI=1S/C19H14FN7O5.C10H13NO2.CH4/c20-8-2-1-7(3-9(8)25-15-14(22)16(28)17(15)29)6-23-18(30)10-4-11(19(31)32)27-13(24-10)5-12(21)26-27;1-7(11)8-3-5-9(6-4-8)10(12)13-2;/h1-5,25H,6,22H2,(H2,21,26)(H,23,30)(H,31,32);3-7H,11H2,1-2H3;1H4/t;7-;/m.1./s1. The van der Waals surface area contributed by atoms with Gasteiger partial charge in [0.1, 0.15) is 28.7 Å². The molecule has 0 saturated heterocycles. The number of benzene rings is 2. The summed E-state index contributed by atoms with van der Waals surface area (Å²) in [6.45, 7) is 1.82. The van der Waals surface area contributed by atoms with Crippen LogP contribution in [0.2, 0.25) is 0 Å². The zero-order chi connectivity index (χ0) is 33.0. The van der Waals surface area contributed by atoms with E-state index in [-0.39, 0.29) is 65.9 Å². The van der Waals surface area contributed by atoms with Gasteiger partial charge in [0.2, 0.25) is 0 Å². The molecule has 16 heteroatoms. The number of hydrogen-bond acceptors (Lipinski definition) is 12. The topological polar surface area (TPSA) is 247 Å². The number of amides is 1. The predicted molar refractivity (Wildman–Crippen MR) is 168 cm³/mol. The van der Waals surface area contributed by atoms with Gasteiger partial charge in [-0.05, 0) is 42.3 Å². The number of halogens is 1. The number of carboxylic acid groups (broad SMARTS) is 1. The van der Waals surface area contributed by atoms with E-state index in [1.165, 1.54) is 25.3 Å². The van der Waals surface area contributed by atoms with Gasteiger partial charge in [-0.1, -0.05) is 25.6 Å². The number of anilines is 4. The number of nitrogens with zero attached hydrogens (tertiary/aromatic N) is 3. The maximum absolute atomic E-state index is 14.1. The predicted octanol–water partition coefficient (Wildman–Crippen LogP) is 2.13. The van der Waals surface area contributed by atoms with Gasteiger partial charge in [0.25, 0.3) is 16.8 Å². The van der Waals surface area contributed by atoms with Gasteiger partial charge < -0.3 is 37.7 Å². The highest BCUT2D eigenvalue weighted by Gasteiger charge is 2.20. The lowest BCUT2D eigenvalue weighted by atomic mass is 10.1. The van der Waals surface area contributed by atoms with Crippen LogP contribution in [0, 0.1) is 5.82 Å². The highest BCUT2D eigenvalue weighted by molar-refractivity contribution is 5.96. The molecular weight excluding hydrogens is 603 g/mol. The van der Waals surface area contributed by atoms with E-state index in [0.717, 1.165) is 22.2 Å². The Morgan fingerprint density at radius 3 is 2.30 bits per heavy atom. The molecule has 5 aromatic rings. The first kappa shape index (κ1) is 34.3. The Labute approximate surface area is 260 Å².